The molecule has 0 aliphatic heterocycles. The summed E-state index contributed by atoms with van der Waals surface area (Å²) >= 11 is 6.16. The third-order valence-corrected chi connectivity index (χ3v) is 3.54. The van der Waals surface area contributed by atoms with Gasteiger partial charge in [0, 0.05) is 31.8 Å². The molecule has 0 aromatic carbocycles. The van der Waals surface area contributed by atoms with Crippen LogP contribution >= 0.6 is 11.6 Å². The van der Waals surface area contributed by atoms with Crippen molar-refractivity contribution >= 4 is 11.6 Å². The molecule has 5 nitrogen and oxygen atoms in total. The van der Waals surface area contributed by atoms with E-state index in [-0.39, 0.29) is 0 Å². The van der Waals surface area contributed by atoms with Crippen LogP contribution < -0.4 is 10.1 Å². The summed E-state index contributed by atoms with van der Waals surface area (Å²) in [4.78, 5) is 4.46. The average Bonchev–Trinajstić information content (AvgIpc) is 3.17. The molecule has 0 amide bonds. The van der Waals surface area contributed by atoms with Gasteiger partial charge in [-0.1, -0.05) is 11.6 Å². The van der Waals surface area contributed by atoms with Crippen molar-refractivity contribution in [3.63, 3.8) is 0 Å². The number of aryl methyl sites for hydroxylation is 2. The van der Waals surface area contributed by atoms with Crippen LogP contribution in [-0.4, -0.2) is 20.8 Å². The second kappa shape index (κ2) is 5.42. The van der Waals surface area contributed by atoms with E-state index < -0.39 is 0 Å². The highest BCUT2D eigenvalue weighted by atomic mass is 35.5. The minimum absolute atomic E-state index is 0.532. The van der Waals surface area contributed by atoms with Crippen LogP contribution in [0.3, 0.4) is 0 Å². The van der Waals surface area contributed by atoms with Crippen LogP contribution in [-0.2, 0) is 13.6 Å². The Morgan fingerprint density at radius 3 is 2.90 bits per heavy atom. The predicted molar refractivity (Wildman–Crippen MR) is 77.1 cm³/mol. The molecule has 1 fully saturated rings. The lowest BCUT2D eigenvalue weighted by Gasteiger charge is -2.08. The zero-order valence-electron chi connectivity index (χ0n) is 11.6. The van der Waals surface area contributed by atoms with Gasteiger partial charge >= 0.3 is 0 Å². The van der Waals surface area contributed by atoms with Crippen LogP contribution in [0.25, 0.3) is 0 Å². The molecule has 0 bridgehead atoms. The molecule has 106 valence electrons. The summed E-state index contributed by atoms with van der Waals surface area (Å²) in [5.74, 6) is 1.20. The van der Waals surface area contributed by atoms with Gasteiger partial charge in [-0.25, -0.2) is 9.67 Å². The molecule has 0 spiro atoms. The van der Waals surface area contributed by atoms with Crippen LogP contribution in [0.2, 0.25) is 5.02 Å². The maximum Gasteiger partial charge on any atom is 0.221 e. The first-order valence-corrected chi connectivity index (χ1v) is 7.07. The largest absolute Gasteiger partial charge is 0.421 e. The normalized spacial score (nSPS) is 14.6. The number of hydrogen-bond acceptors (Lipinski definition) is 4. The fraction of sp³-hybridized carbons (Fsp3) is 0.429. The first-order chi connectivity index (χ1) is 9.61. The van der Waals surface area contributed by atoms with Crippen molar-refractivity contribution in [1.29, 1.82) is 0 Å². The molecule has 1 N–H and O–H groups in total. The third kappa shape index (κ3) is 3.11. The minimum atomic E-state index is 0.532. The van der Waals surface area contributed by atoms with Crippen LogP contribution in [0, 0.1) is 6.92 Å². The number of hydrogen-bond donors (Lipinski definition) is 1. The highest BCUT2D eigenvalue weighted by Gasteiger charge is 2.21. The summed E-state index contributed by atoms with van der Waals surface area (Å²) in [6.45, 7) is 2.60. The Balaban J connectivity index is 1.75. The molecular formula is C14H17ClN4O. The molecule has 0 unspecified atom stereocenters. The number of halogens is 1. The second-order valence-electron chi connectivity index (χ2n) is 5.08. The highest BCUT2D eigenvalue weighted by molar-refractivity contribution is 6.31. The van der Waals surface area contributed by atoms with Crippen molar-refractivity contribution in [2.75, 3.05) is 0 Å². The smallest absolute Gasteiger partial charge is 0.221 e. The minimum Gasteiger partial charge on any atom is -0.421 e. The molecule has 20 heavy (non-hydrogen) atoms. The van der Waals surface area contributed by atoms with Gasteiger partial charge in [-0.3, -0.25) is 0 Å². The lowest BCUT2D eigenvalue weighted by Crippen LogP contribution is -2.16. The van der Waals surface area contributed by atoms with Crippen LogP contribution in [0.5, 0.6) is 11.8 Å². The van der Waals surface area contributed by atoms with E-state index in [0.29, 0.717) is 29.4 Å². The van der Waals surface area contributed by atoms with Crippen molar-refractivity contribution in [2.45, 2.75) is 32.4 Å². The van der Waals surface area contributed by atoms with Gasteiger partial charge in [0.15, 0.2) is 0 Å². The molecular weight excluding hydrogens is 276 g/mol. The van der Waals surface area contributed by atoms with Crippen molar-refractivity contribution in [2.24, 2.45) is 7.05 Å². The topological polar surface area (TPSA) is 52.0 Å². The Hall–Kier alpha value is -1.59. The van der Waals surface area contributed by atoms with E-state index in [2.05, 4.69) is 15.4 Å². The van der Waals surface area contributed by atoms with E-state index in [9.17, 15) is 0 Å². The first kappa shape index (κ1) is 13.4. The maximum absolute atomic E-state index is 6.16. The van der Waals surface area contributed by atoms with Gasteiger partial charge in [0.2, 0.25) is 11.8 Å². The Labute approximate surface area is 122 Å². The molecule has 1 aliphatic rings. The molecule has 1 saturated carbocycles. The number of aromatic nitrogens is 3. The van der Waals surface area contributed by atoms with Crippen molar-refractivity contribution in [3.8, 4) is 11.8 Å². The monoisotopic (exact) mass is 292 g/mol. The quantitative estimate of drug-likeness (QED) is 0.921. The Kier molecular flexibility index (Phi) is 3.63. The summed E-state index contributed by atoms with van der Waals surface area (Å²) in [6.07, 6.45) is 2.48. The zero-order chi connectivity index (χ0) is 14.1. The molecule has 2 aromatic heterocycles. The molecule has 6 heteroatoms. The van der Waals surface area contributed by atoms with Crippen molar-refractivity contribution < 1.29 is 4.74 Å². The summed E-state index contributed by atoms with van der Waals surface area (Å²) in [6, 6.07) is 6.08. The number of nitrogens with zero attached hydrogens (tertiary/aromatic N) is 3. The van der Waals surface area contributed by atoms with Gasteiger partial charge in [-0.15, -0.1) is 0 Å². The Morgan fingerprint density at radius 1 is 1.45 bits per heavy atom. The van der Waals surface area contributed by atoms with E-state index in [4.69, 9.17) is 16.3 Å². The molecule has 0 radical (unpaired) electrons. The second-order valence-corrected chi connectivity index (χ2v) is 5.49. The van der Waals surface area contributed by atoms with Gasteiger partial charge in [0.1, 0.15) is 0 Å². The van der Waals surface area contributed by atoms with Gasteiger partial charge in [0.25, 0.3) is 0 Å². The molecule has 3 rings (SSSR count). The standard InChI is InChI=1S/C14H17ClN4O/c1-9-7-14(19(2)18-9)20-13-6-5-11(15)12(17-13)8-16-10-3-4-10/h5-7,10,16H,3-4,8H2,1-2H3. The zero-order valence-corrected chi connectivity index (χ0v) is 12.3. The van der Waals surface area contributed by atoms with Gasteiger partial charge in [-0.2, -0.15) is 5.10 Å². The Bertz CT molecular complexity index is 622. The van der Waals surface area contributed by atoms with E-state index >= 15 is 0 Å². The molecule has 1 aliphatic carbocycles. The van der Waals surface area contributed by atoms with Gasteiger partial charge < -0.3 is 10.1 Å². The maximum atomic E-state index is 6.16. The number of nitrogens with one attached hydrogen (secondary N) is 1. The van der Waals surface area contributed by atoms with Crippen LogP contribution in [0.4, 0.5) is 0 Å². The van der Waals surface area contributed by atoms with Gasteiger partial charge in [0.05, 0.1) is 16.4 Å². The highest BCUT2D eigenvalue weighted by Crippen LogP contribution is 2.25. The summed E-state index contributed by atoms with van der Waals surface area (Å²) in [5, 5.41) is 8.30. The summed E-state index contributed by atoms with van der Waals surface area (Å²) in [5.41, 5.74) is 1.72. The lowest BCUT2D eigenvalue weighted by molar-refractivity contribution is 0.413. The SMILES string of the molecule is Cc1cc(Oc2ccc(Cl)c(CNC3CC3)n2)n(C)n1. The third-order valence-electron chi connectivity index (χ3n) is 3.20. The number of pyridine rings is 1. The van der Waals surface area contributed by atoms with Crippen LogP contribution in [0.1, 0.15) is 24.2 Å². The molecule has 2 heterocycles. The van der Waals surface area contributed by atoms with Crippen LogP contribution in [0.15, 0.2) is 18.2 Å². The summed E-state index contributed by atoms with van der Waals surface area (Å²) < 4.78 is 7.44. The van der Waals surface area contributed by atoms with E-state index in [1.165, 1.54) is 12.8 Å². The predicted octanol–water partition coefficient (Wildman–Crippen LogP) is 2.82. The number of ether oxygens (including phenoxy) is 1. The Morgan fingerprint density at radius 2 is 2.25 bits per heavy atom. The first-order valence-electron chi connectivity index (χ1n) is 6.69. The molecule has 2 aromatic rings. The van der Waals surface area contributed by atoms with Crippen molar-refractivity contribution in [3.05, 3.63) is 34.6 Å². The van der Waals surface area contributed by atoms with E-state index in [1.54, 1.807) is 10.7 Å². The molecule has 0 atom stereocenters. The van der Waals surface area contributed by atoms with Crippen molar-refractivity contribution in [1.82, 2.24) is 20.1 Å². The fourth-order valence-corrected chi connectivity index (χ4v) is 2.14. The number of rotatable bonds is 5. The van der Waals surface area contributed by atoms with E-state index in [1.807, 2.05) is 26.1 Å². The fourth-order valence-electron chi connectivity index (χ4n) is 1.96. The van der Waals surface area contributed by atoms with Gasteiger partial charge in [-0.05, 0) is 25.8 Å². The summed E-state index contributed by atoms with van der Waals surface area (Å²) in [7, 11) is 1.84. The molecule has 0 saturated heterocycles. The lowest BCUT2D eigenvalue weighted by atomic mass is 10.3. The van der Waals surface area contributed by atoms with E-state index in [0.717, 1.165) is 11.4 Å². The average molecular weight is 293 g/mol.